The number of nitrogens with one attached hydrogen (secondary N) is 1. The fourth-order valence-corrected chi connectivity index (χ4v) is 2.88. The molecule has 1 aromatic carbocycles. The van der Waals surface area contributed by atoms with E-state index in [0.29, 0.717) is 12.3 Å². The number of hydrogen-bond acceptors (Lipinski definition) is 5. The average Bonchev–Trinajstić information content (AvgIpc) is 2.60. The van der Waals surface area contributed by atoms with Crippen molar-refractivity contribution in [2.24, 2.45) is 0 Å². The monoisotopic (exact) mass is 363 g/mol. The van der Waals surface area contributed by atoms with Crippen LogP contribution in [0.25, 0.3) is 0 Å². The number of carbonyl (C=O) groups is 1. The van der Waals surface area contributed by atoms with Gasteiger partial charge in [-0.3, -0.25) is 9.78 Å². The maximum Gasteiger partial charge on any atom is 0.235 e. The van der Waals surface area contributed by atoms with E-state index in [9.17, 15) is 13.2 Å². The smallest absolute Gasteiger partial charge is 0.235 e. The number of ether oxygens (including phenoxy) is 1. The molecule has 134 valence electrons. The second kappa shape index (κ2) is 8.59. The molecule has 1 heterocycles. The summed E-state index contributed by atoms with van der Waals surface area (Å²) < 4.78 is 30.2. The lowest BCUT2D eigenvalue weighted by atomic mass is 10.2. The molecule has 0 unspecified atom stereocenters. The predicted octanol–water partition coefficient (Wildman–Crippen LogP) is 1.17. The van der Waals surface area contributed by atoms with E-state index in [4.69, 9.17) is 4.74 Å². The summed E-state index contributed by atoms with van der Waals surface area (Å²) in [6.45, 7) is 0.168. The van der Waals surface area contributed by atoms with Crippen LogP contribution in [0.4, 0.5) is 0 Å². The molecule has 0 atom stereocenters. The molecule has 8 heteroatoms. The number of rotatable bonds is 8. The Hall–Kier alpha value is -2.45. The van der Waals surface area contributed by atoms with E-state index in [1.807, 2.05) is 6.07 Å². The molecule has 2 rings (SSSR count). The van der Waals surface area contributed by atoms with Crippen molar-refractivity contribution in [3.05, 3.63) is 59.9 Å². The number of pyridine rings is 1. The lowest BCUT2D eigenvalue weighted by Crippen LogP contribution is -2.39. The van der Waals surface area contributed by atoms with Gasteiger partial charge in [0.05, 0.1) is 19.9 Å². The first-order chi connectivity index (χ1) is 11.9. The van der Waals surface area contributed by atoms with Gasteiger partial charge in [-0.05, 0) is 29.3 Å². The number of carbonyl (C=O) groups excluding carboxylic acids is 1. The number of methoxy groups -OCH3 is 1. The van der Waals surface area contributed by atoms with E-state index in [0.717, 1.165) is 21.7 Å². The van der Waals surface area contributed by atoms with Gasteiger partial charge in [0, 0.05) is 25.5 Å². The van der Waals surface area contributed by atoms with Gasteiger partial charge in [-0.15, -0.1) is 0 Å². The highest BCUT2D eigenvalue weighted by Crippen LogP contribution is 2.14. The topological polar surface area (TPSA) is 88.6 Å². The molecule has 0 bridgehead atoms. The second-order valence-electron chi connectivity index (χ2n) is 5.52. The summed E-state index contributed by atoms with van der Waals surface area (Å²) in [5.41, 5.74) is 1.61. The van der Waals surface area contributed by atoms with E-state index in [1.54, 1.807) is 49.8 Å². The number of amides is 1. The quantitative estimate of drug-likeness (QED) is 0.760. The minimum absolute atomic E-state index is 0.114. The zero-order valence-electron chi connectivity index (χ0n) is 14.2. The SMILES string of the molecule is COc1ccc(CN(CC(=O)NCc2cccnc2)S(C)(=O)=O)cc1. The minimum atomic E-state index is -3.53. The first-order valence-electron chi connectivity index (χ1n) is 7.62. The van der Waals surface area contributed by atoms with Gasteiger partial charge in [0.2, 0.25) is 15.9 Å². The maximum atomic E-state index is 12.1. The Morgan fingerprint density at radius 1 is 1.20 bits per heavy atom. The molecule has 0 radical (unpaired) electrons. The Morgan fingerprint density at radius 3 is 2.48 bits per heavy atom. The predicted molar refractivity (Wildman–Crippen MR) is 94.3 cm³/mol. The van der Waals surface area contributed by atoms with E-state index in [-0.39, 0.29) is 19.0 Å². The first kappa shape index (κ1) is 18.9. The number of benzene rings is 1. The highest BCUT2D eigenvalue weighted by molar-refractivity contribution is 7.88. The van der Waals surface area contributed by atoms with Gasteiger partial charge in [0.1, 0.15) is 5.75 Å². The molecule has 0 saturated heterocycles. The van der Waals surface area contributed by atoms with Crippen molar-refractivity contribution in [3.8, 4) is 5.75 Å². The highest BCUT2D eigenvalue weighted by Gasteiger charge is 2.20. The molecule has 0 aliphatic heterocycles. The van der Waals surface area contributed by atoms with Crippen molar-refractivity contribution in [2.45, 2.75) is 13.1 Å². The third kappa shape index (κ3) is 6.17. The van der Waals surface area contributed by atoms with Crippen LogP contribution in [0, 0.1) is 0 Å². The summed E-state index contributed by atoms with van der Waals surface area (Å²) in [5, 5.41) is 2.70. The van der Waals surface area contributed by atoms with Gasteiger partial charge in [-0.2, -0.15) is 4.31 Å². The second-order valence-corrected chi connectivity index (χ2v) is 7.50. The standard InChI is InChI=1S/C17H21N3O4S/c1-24-16-7-5-14(6-8-16)12-20(25(2,22)23)13-17(21)19-11-15-4-3-9-18-10-15/h3-10H,11-13H2,1-2H3,(H,19,21). The molecule has 25 heavy (non-hydrogen) atoms. The van der Waals surface area contributed by atoms with Gasteiger partial charge in [0.15, 0.2) is 0 Å². The zero-order chi connectivity index (χ0) is 18.3. The van der Waals surface area contributed by atoms with E-state index >= 15 is 0 Å². The number of sulfonamides is 1. The third-order valence-corrected chi connectivity index (χ3v) is 4.72. The summed E-state index contributed by atoms with van der Waals surface area (Å²) in [6, 6.07) is 10.6. The maximum absolute atomic E-state index is 12.1. The Labute approximate surface area is 147 Å². The van der Waals surface area contributed by atoms with E-state index in [2.05, 4.69) is 10.3 Å². The number of aromatic nitrogens is 1. The van der Waals surface area contributed by atoms with Crippen molar-refractivity contribution in [2.75, 3.05) is 19.9 Å². The lowest BCUT2D eigenvalue weighted by Gasteiger charge is -2.19. The van der Waals surface area contributed by atoms with Crippen LogP contribution in [-0.2, 0) is 27.9 Å². The van der Waals surface area contributed by atoms with Crippen LogP contribution in [0.3, 0.4) is 0 Å². The van der Waals surface area contributed by atoms with Gasteiger partial charge in [-0.1, -0.05) is 18.2 Å². The Kier molecular flexibility index (Phi) is 6.49. The molecule has 2 aromatic rings. The van der Waals surface area contributed by atoms with Gasteiger partial charge >= 0.3 is 0 Å². The normalized spacial score (nSPS) is 11.3. The molecule has 7 nitrogen and oxygen atoms in total. The van der Waals surface area contributed by atoms with E-state index in [1.165, 1.54) is 0 Å². The molecular formula is C17H21N3O4S. The fourth-order valence-electron chi connectivity index (χ4n) is 2.14. The van der Waals surface area contributed by atoms with Crippen LogP contribution in [0.15, 0.2) is 48.8 Å². The first-order valence-corrected chi connectivity index (χ1v) is 9.47. The lowest BCUT2D eigenvalue weighted by molar-refractivity contribution is -0.121. The van der Waals surface area contributed by atoms with E-state index < -0.39 is 10.0 Å². The minimum Gasteiger partial charge on any atom is -0.497 e. The molecule has 1 aromatic heterocycles. The molecule has 0 saturated carbocycles. The van der Waals surface area contributed by atoms with Crippen molar-refractivity contribution in [3.63, 3.8) is 0 Å². The molecule has 1 N–H and O–H groups in total. The fraction of sp³-hybridized carbons (Fsp3) is 0.294. The largest absolute Gasteiger partial charge is 0.497 e. The summed E-state index contributed by atoms with van der Waals surface area (Å²) in [7, 11) is -1.97. The Bertz CT molecular complexity index is 792. The molecule has 0 fully saturated rings. The molecule has 0 aliphatic rings. The van der Waals surface area contributed by atoms with Crippen LogP contribution in [0.2, 0.25) is 0 Å². The summed E-state index contributed by atoms with van der Waals surface area (Å²) >= 11 is 0. The highest BCUT2D eigenvalue weighted by atomic mass is 32.2. The van der Waals surface area contributed by atoms with Crippen LogP contribution < -0.4 is 10.1 Å². The number of nitrogens with zero attached hydrogens (tertiary/aromatic N) is 2. The van der Waals surface area contributed by atoms with Crippen LogP contribution in [0.5, 0.6) is 5.75 Å². The molecule has 0 spiro atoms. The Morgan fingerprint density at radius 2 is 1.92 bits per heavy atom. The van der Waals surface area contributed by atoms with Gasteiger partial charge in [0.25, 0.3) is 0 Å². The van der Waals surface area contributed by atoms with Crippen LogP contribution >= 0.6 is 0 Å². The molecular weight excluding hydrogens is 342 g/mol. The van der Waals surface area contributed by atoms with Crippen molar-refractivity contribution >= 4 is 15.9 Å². The third-order valence-electron chi connectivity index (χ3n) is 3.52. The summed E-state index contributed by atoms with van der Waals surface area (Å²) in [6.07, 6.45) is 4.38. The zero-order valence-corrected chi connectivity index (χ0v) is 15.0. The molecule has 1 amide bonds. The average molecular weight is 363 g/mol. The summed E-state index contributed by atoms with van der Waals surface area (Å²) in [5.74, 6) is 0.312. The van der Waals surface area contributed by atoms with Crippen LogP contribution in [-0.4, -0.2) is 43.5 Å². The number of hydrogen-bond donors (Lipinski definition) is 1. The van der Waals surface area contributed by atoms with Crippen molar-refractivity contribution in [1.82, 2.24) is 14.6 Å². The van der Waals surface area contributed by atoms with Gasteiger partial charge in [-0.25, -0.2) is 8.42 Å². The molecule has 0 aliphatic carbocycles. The van der Waals surface area contributed by atoms with Crippen molar-refractivity contribution in [1.29, 1.82) is 0 Å². The van der Waals surface area contributed by atoms with Crippen molar-refractivity contribution < 1.29 is 17.9 Å². The van der Waals surface area contributed by atoms with Gasteiger partial charge < -0.3 is 10.1 Å². The summed E-state index contributed by atoms with van der Waals surface area (Å²) in [4.78, 5) is 16.1. The van der Waals surface area contributed by atoms with Crippen LogP contribution in [0.1, 0.15) is 11.1 Å². The Balaban J connectivity index is 1.98.